The van der Waals surface area contributed by atoms with E-state index >= 15 is 0 Å². The van der Waals surface area contributed by atoms with Gasteiger partial charge in [0.15, 0.2) is 10.3 Å². The molecule has 9 heteroatoms. The highest BCUT2D eigenvalue weighted by Crippen LogP contribution is 2.32. The number of halogens is 1. The van der Waals surface area contributed by atoms with Crippen LogP contribution < -0.4 is 4.90 Å². The molecule has 4 rings (SSSR count). The summed E-state index contributed by atoms with van der Waals surface area (Å²) in [6.07, 6.45) is 0.710. The van der Waals surface area contributed by atoms with Gasteiger partial charge in [0.25, 0.3) is 0 Å². The SMILES string of the molecule is CC(=O)N(c1nc(CSc2nnc(Cc3ccccc3)n2C)cs1)c1ccccc1F. The van der Waals surface area contributed by atoms with E-state index in [4.69, 9.17) is 0 Å². The third kappa shape index (κ3) is 4.83. The number of aromatic nitrogens is 4. The quantitative estimate of drug-likeness (QED) is 0.369. The van der Waals surface area contributed by atoms with Crippen molar-refractivity contribution >= 4 is 39.8 Å². The Hall–Kier alpha value is -3.04. The predicted molar refractivity (Wildman–Crippen MR) is 121 cm³/mol. The smallest absolute Gasteiger partial charge is 0.230 e. The first-order valence-electron chi connectivity index (χ1n) is 9.57. The van der Waals surface area contributed by atoms with Crippen molar-refractivity contribution in [1.29, 1.82) is 0 Å². The van der Waals surface area contributed by atoms with E-state index in [1.807, 2.05) is 35.2 Å². The van der Waals surface area contributed by atoms with Crippen molar-refractivity contribution in [3.8, 4) is 0 Å². The average molecular weight is 454 g/mol. The summed E-state index contributed by atoms with van der Waals surface area (Å²) in [5.41, 5.74) is 2.17. The second kappa shape index (κ2) is 9.40. The number of rotatable bonds is 7. The fourth-order valence-electron chi connectivity index (χ4n) is 3.05. The number of carbonyl (C=O) groups is 1. The van der Waals surface area contributed by atoms with Gasteiger partial charge in [0.2, 0.25) is 5.91 Å². The van der Waals surface area contributed by atoms with Crippen LogP contribution in [0.25, 0.3) is 0 Å². The van der Waals surface area contributed by atoms with Gasteiger partial charge in [-0.25, -0.2) is 9.37 Å². The molecule has 0 bridgehead atoms. The lowest BCUT2D eigenvalue weighted by Crippen LogP contribution is -2.23. The van der Waals surface area contributed by atoms with E-state index in [2.05, 4.69) is 27.3 Å². The molecule has 2 heterocycles. The maximum absolute atomic E-state index is 14.2. The van der Waals surface area contributed by atoms with Gasteiger partial charge < -0.3 is 4.57 Å². The van der Waals surface area contributed by atoms with Gasteiger partial charge in [-0.15, -0.1) is 21.5 Å². The van der Waals surface area contributed by atoms with Gasteiger partial charge in [0.05, 0.1) is 11.4 Å². The van der Waals surface area contributed by atoms with E-state index in [0.717, 1.165) is 16.7 Å². The molecular formula is C22H20FN5OS2. The van der Waals surface area contributed by atoms with Crippen molar-refractivity contribution in [2.24, 2.45) is 7.05 Å². The van der Waals surface area contributed by atoms with Crippen molar-refractivity contribution < 1.29 is 9.18 Å². The molecule has 0 unspecified atom stereocenters. The summed E-state index contributed by atoms with van der Waals surface area (Å²) in [6, 6.07) is 16.3. The highest BCUT2D eigenvalue weighted by Gasteiger charge is 2.21. The zero-order valence-corrected chi connectivity index (χ0v) is 18.7. The van der Waals surface area contributed by atoms with Crippen LogP contribution in [0.2, 0.25) is 0 Å². The molecule has 0 spiro atoms. The summed E-state index contributed by atoms with van der Waals surface area (Å²) in [5.74, 6) is 0.693. The Morgan fingerprint density at radius 1 is 1.13 bits per heavy atom. The molecule has 2 aromatic heterocycles. The molecule has 2 aromatic carbocycles. The minimum atomic E-state index is -0.464. The van der Waals surface area contributed by atoms with E-state index in [-0.39, 0.29) is 11.6 Å². The molecule has 0 saturated carbocycles. The Morgan fingerprint density at radius 3 is 2.61 bits per heavy atom. The lowest BCUT2D eigenvalue weighted by Gasteiger charge is -2.18. The number of hydrogen-bond donors (Lipinski definition) is 0. The average Bonchev–Trinajstić information content (AvgIpc) is 3.36. The second-order valence-electron chi connectivity index (χ2n) is 6.84. The number of anilines is 2. The largest absolute Gasteiger partial charge is 0.309 e. The molecule has 1 amide bonds. The summed E-state index contributed by atoms with van der Waals surface area (Å²) in [6.45, 7) is 1.40. The van der Waals surface area contributed by atoms with Crippen LogP contribution in [0.3, 0.4) is 0 Å². The van der Waals surface area contributed by atoms with Crippen molar-refractivity contribution in [3.05, 3.63) is 82.9 Å². The normalized spacial score (nSPS) is 10.9. The number of thiazole rings is 1. The first kappa shape index (κ1) is 21.2. The molecular weight excluding hydrogens is 433 g/mol. The number of nitrogens with zero attached hydrogens (tertiary/aromatic N) is 5. The summed E-state index contributed by atoms with van der Waals surface area (Å²) in [5, 5.41) is 11.7. The molecule has 0 aliphatic rings. The van der Waals surface area contributed by atoms with Crippen LogP contribution in [0, 0.1) is 5.82 Å². The molecule has 0 atom stereocenters. The lowest BCUT2D eigenvalue weighted by atomic mass is 10.1. The van der Waals surface area contributed by atoms with Crippen LogP contribution in [-0.2, 0) is 24.0 Å². The first-order valence-corrected chi connectivity index (χ1v) is 11.4. The molecule has 0 aliphatic heterocycles. The molecule has 0 N–H and O–H groups in total. The monoisotopic (exact) mass is 453 g/mol. The van der Waals surface area contributed by atoms with E-state index in [0.29, 0.717) is 17.3 Å². The molecule has 6 nitrogen and oxygen atoms in total. The van der Waals surface area contributed by atoms with Gasteiger partial charge in [-0.2, -0.15) is 0 Å². The fraction of sp³-hybridized carbons (Fsp3) is 0.182. The Kier molecular flexibility index (Phi) is 6.43. The van der Waals surface area contributed by atoms with E-state index in [9.17, 15) is 9.18 Å². The molecule has 0 radical (unpaired) electrons. The molecule has 0 saturated heterocycles. The Balaban J connectivity index is 1.46. The number of para-hydroxylation sites is 1. The van der Waals surface area contributed by atoms with Gasteiger partial charge in [0.1, 0.15) is 11.6 Å². The van der Waals surface area contributed by atoms with Crippen LogP contribution in [0.4, 0.5) is 15.2 Å². The summed E-state index contributed by atoms with van der Waals surface area (Å²) >= 11 is 2.83. The molecule has 158 valence electrons. The highest BCUT2D eigenvalue weighted by atomic mass is 32.2. The van der Waals surface area contributed by atoms with Gasteiger partial charge in [-0.3, -0.25) is 9.69 Å². The molecule has 0 fully saturated rings. The van der Waals surface area contributed by atoms with Crippen molar-refractivity contribution in [2.75, 3.05) is 4.90 Å². The zero-order chi connectivity index (χ0) is 21.8. The summed E-state index contributed by atoms with van der Waals surface area (Å²) < 4.78 is 16.2. The summed E-state index contributed by atoms with van der Waals surface area (Å²) in [4.78, 5) is 18.0. The molecule has 4 aromatic rings. The second-order valence-corrected chi connectivity index (χ2v) is 8.62. The minimum absolute atomic E-state index is 0.197. The molecule has 31 heavy (non-hydrogen) atoms. The number of carbonyl (C=O) groups excluding carboxylic acids is 1. The third-order valence-corrected chi connectivity index (χ3v) is 6.55. The van der Waals surface area contributed by atoms with Gasteiger partial charge >= 0.3 is 0 Å². The standard InChI is InChI=1S/C22H20FN5OS2/c1-15(29)28(19-11-7-6-10-18(19)23)21-24-17(13-30-21)14-31-22-26-25-20(27(22)2)12-16-8-4-3-5-9-16/h3-11,13H,12,14H2,1-2H3. The van der Waals surface area contributed by atoms with Crippen LogP contribution >= 0.6 is 23.1 Å². The number of amides is 1. The zero-order valence-electron chi connectivity index (χ0n) is 17.0. The van der Waals surface area contributed by atoms with Gasteiger partial charge in [-0.1, -0.05) is 54.2 Å². The van der Waals surface area contributed by atoms with Crippen LogP contribution in [0.5, 0.6) is 0 Å². The Labute approximate surface area is 187 Å². The highest BCUT2D eigenvalue weighted by molar-refractivity contribution is 7.98. The number of hydrogen-bond acceptors (Lipinski definition) is 6. The fourth-order valence-corrected chi connectivity index (χ4v) is 4.86. The Bertz CT molecular complexity index is 1190. The van der Waals surface area contributed by atoms with Crippen molar-refractivity contribution in [3.63, 3.8) is 0 Å². The van der Waals surface area contributed by atoms with Crippen LogP contribution in [0.15, 0.2) is 65.1 Å². The minimum Gasteiger partial charge on any atom is -0.309 e. The van der Waals surface area contributed by atoms with E-state index < -0.39 is 5.82 Å². The van der Waals surface area contributed by atoms with E-state index in [1.54, 1.807) is 18.2 Å². The van der Waals surface area contributed by atoms with Crippen molar-refractivity contribution in [1.82, 2.24) is 19.7 Å². The van der Waals surface area contributed by atoms with E-state index in [1.165, 1.54) is 46.6 Å². The number of thioether (sulfide) groups is 1. The maximum atomic E-state index is 14.2. The lowest BCUT2D eigenvalue weighted by molar-refractivity contribution is -0.115. The maximum Gasteiger partial charge on any atom is 0.230 e. The third-order valence-electron chi connectivity index (χ3n) is 4.62. The Morgan fingerprint density at radius 2 is 1.87 bits per heavy atom. The predicted octanol–water partition coefficient (Wildman–Crippen LogP) is 4.98. The van der Waals surface area contributed by atoms with Gasteiger partial charge in [0, 0.05) is 31.5 Å². The van der Waals surface area contributed by atoms with Crippen molar-refractivity contribution in [2.45, 2.75) is 24.3 Å². The topological polar surface area (TPSA) is 63.9 Å². The van der Waals surface area contributed by atoms with Gasteiger partial charge in [-0.05, 0) is 17.7 Å². The van der Waals surface area contributed by atoms with Crippen LogP contribution in [0.1, 0.15) is 24.0 Å². The van der Waals surface area contributed by atoms with Crippen LogP contribution in [-0.4, -0.2) is 25.7 Å². The first-order chi connectivity index (χ1) is 15.0. The summed E-state index contributed by atoms with van der Waals surface area (Å²) in [7, 11) is 1.95. The molecule has 0 aliphatic carbocycles. The number of benzene rings is 2.